The second kappa shape index (κ2) is 8.93. The van der Waals surface area contributed by atoms with E-state index < -0.39 is 0 Å². The van der Waals surface area contributed by atoms with Crippen LogP contribution in [0.3, 0.4) is 0 Å². The predicted octanol–water partition coefficient (Wildman–Crippen LogP) is 2.92. The van der Waals surface area contributed by atoms with E-state index in [2.05, 4.69) is 15.6 Å². The summed E-state index contributed by atoms with van der Waals surface area (Å²) in [6.45, 7) is 3.87. The molecule has 1 saturated heterocycles. The molecular weight excluding hydrogens is 354 g/mol. The number of methoxy groups -OCH3 is 1. The number of rotatable bonds is 7. The Labute approximate surface area is 166 Å². The molecule has 3 rings (SSSR count). The maximum atomic E-state index is 12.0. The number of aryl methyl sites for hydroxylation is 1. The molecule has 0 saturated carbocycles. The molecule has 2 N–H and O–H groups in total. The van der Waals surface area contributed by atoms with Crippen LogP contribution in [0.5, 0.6) is 5.75 Å². The average Bonchev–Trinajstić information content (AvgIpc) is 2.71. The van der Waals surface area contributed by atoms with Gasteiger partial charge in [0.2, 0.25) is 6.41 Å². The van der Waals surface area contributed by atoms with Crippen molar-refractivity contribution in [2.45, 2.75) is 25.8 Å². The zero-order chi connectivity index (χ0) is 20.1. The molecule has 7 heteroatoms. The highest BCUT2D eigenvalue weighted by atomic mass is 16.5. The van der Waals surface area contributed by atoms with Crippen LogP contribution < -0.4 is 25.2 Å². The van der Waals surface area contributed by atoms with Crippen LogP contribution in [0, 0.1) is 6.92 Å². The number of nitrogens with one attached hydrogen (secondary N) is 2. The van der Waals surface area contributed by atoms with Crippen molar-refractivity contribution < 1.29 is 9.53 Å². The van der Waals surface area contributed by atoms with E-state index in [-0.39, 0.29) is 6.04 Å². The quantitative estimate of drug-likeness (QED) is 0.717. The molecule has 0 unspecified atom stereocenters. The third-order valence-corrected chi connectivity index (χ3v) is 5.13. The number of amides is 1. The topological polar surface area (TPSA) is 69.7 Å². The molecule has 1 aliphatic heterocycles. The normalized spacial score (nSPS) is 14.4. The standard InChI is InChI=1S/C21H29N5O2/c1-15-11-17(28-4)5-6-18(15)24-21-12-19(20(13-23-21)25(2)3)26(14-27)16-7-9-22-10-8-16/h5-6,11-14,16,22H,7-10H2,1-4H3,(H,23,24). The van der Waals surface area contributed by atoms with Crippen molar-refractivity contribution in [1.29, 1.82) is 0 Å². The lowest BCUT2D eigenvalue weighted by Gasteiger charge is -2.34. The van der Waals surface area contributed by atoms with Crippen molar-refractivity contribution in [3.05, 3.63) is 36.0 Å². The van der Waals surface area contributed by atoms with E-state index in [0.29, 0.717) is 5.82 Å². The summed E-state index contributed by atoms with van der Waals surface area (Å²) in [6.07, 6.45) is 4.64. The van der Waals surface area contributed by atoms with Gasteiger partial charge in [0.25, 0.3) is 0 Å². The van der Waals surface area contributed by atoms with Crippen molar-refractivity contribution in [3.8, 4) is 5.75 Å². The van der Waals surface area contributed by atoms with Crippen LogP contribution in [-0.2, 0) is 4.79 Å². The largest absolute Gasteiger partial charge is 0.497 e. The lowest BCUT2D eigenvalue weighted by Crippen LogP contribution is -2.43. The van der Waals surface area contributed by atoms with Crippen LogP contribution in [0.4, 0.5) is 22.9 Å². The minimum Gasteiger partial charge on any atom is -0.497 e. The van der Waals surface area contributed by atoms with Crippen LogP contribution in [0.15, 0.2) is 30.5 Å². The number of aromatic nitrogens is 1. The molecular formula is C21H29N5O2. The molecule has 0 atom stereocenters. The molecule has 0 bridgehead atoms. The molecule has 1 fully saturated rings. The van der Waals surface area contributed by atoms with Crippen LogP contribution in [-0.4, -0.2) is 51.7 Å². The number of carbonyl (C=O) groups is 1. The first-order valence-electron chi connectivity index (χ1n) is 9.57. The Balaban J connectivity index is 1.93. The van der Waals surface area contributed by atoms with Crippen molar-refractivity contribution in [3.63, 3.8) is 0 Å². The number of piperidine rings is 1. The Hall–Kier alpha value is -2.80. The first-order valence-corrected chi connectivity index (χ1v) is 9.57. The molecule has 28 heavy (non-hydrogen) atoms. The van der Waals surface area contributed by atoms with Crippen molar-refractivity contribution in [1.82, 2.24) is 10.3 Å². The van der Waals surface area contributed by atoms with Crippen molar-refractivity contribution >= 4 is 29.3 Å². The number of nitrogens with zero attached hydrogens (tertiary/aromatic N) is 3. The number of benzene rings is 1. The van der Waals surface area contributed by atoms with E-state index in [0.717, 1.165) is 60.7 Å². The highest BCUT2D eigenvalue weighted by Crippen LogP contribution is 2.33. The minimum absolute atomic E-state index is 0.190. The molecule has 2 aromatic rings. The second-order valence-corrected chi connectivity index (χ2v) is 7.25. The van der Waals surface area contributed by atoms with Gasteiger partial charge in [0.05, 0.1) is 24.7 Å². The van der Waals surface area contributed by atoms with Gasteiger partial charge in [0.15, 0.2) is 0 Å². The number of pyridine rings is 1. The smallest absolute Gasteiger partial charge is 0.214 e. The number of anilines is 4. The molecule has 2 heterocycles. The van der Waals surface area contributed by atoms with Gasteiger partial charge in [-0.2, -0.15) is 0 Å². The van der Waals surface area contributed by atoms with Gasteiger partial charge in [0, 0.05) is 31.9 Å². The van der Waals surface area contributed by atoms with E-state index >= 15 is 0 Å². The Morgan fingerprint density at radius 1 is 1.21 bits per heavy atom. The van der Waals surface area contributed by atoms with E-state index in [1.807, 2.05) is 61.3 Å². The fourth-order valence-corrected chi connectivity index (χ4v) is 3.52. The Morgan fingerprint density at radius 2 is 1.96 bits per heavy atom. The molecule has 1 aliphatic rings. The van der Waals surface area contributed by atoms with E-state index in [9.17, 15) is 4.79 Å². The molecule has 7 nitrogen and oxygen atoms in total. The van der Waals surface area contributed by atoms with Crippen LogP contribution in [0.2, 0.25) is 0 Å². The third kappa shape index (κ3) is 4.36. The summed E-state index contributed by atoms with van der Waals surface area (Å²) in [6, 6.07) is 8.01. The fraction of sp³-hybridized carbons (Fsp3) is 0.429. The summed E-state index contributed by atoms with van der Waals surface area (Å²) in [5, 5.41) is 6.73. The van der Waals surface area contributed by atoms with Gasteiger partial charge in [-0.15, -0.1) is 0 Å². The minimum atomic E-state index is 0.190. The highest BCUT2D eigenvalue weighted by molar-refractivity contribution is 5.86. The lowest BCUT2D eigenvalue weighted by molar-refractivity contribution is -0.108. The number of hydrogen-bond acceptors (Lipinski definition) is 6. The molecule has 1 aromatic heterocycles. The zero-order valence-corrected chi connectivity index (χ0v) is 17.0. The number of ether oxygens (including phenoxy) is 1. The van der Waals surface area contributed by atoms with Gasteiger partial charge in [0.1, 0.15) is 11.6 Å². The summed E-state index contributed by atoms with van der Waals surface area (Å²) in [4.78, 5) is 20.4. The van der Waals surface area contributed by atoms with E-state index in [1.54, 1.807) is 7.11 Å². The summed E-state index contributed by atoms with van der Waals surface area (Å²) in [5.74, 6) is 1.52. The van der Waals surface area contributed by atoms with Crippen LogP contribution in [0.1, 0.15) is 18.4 Å². The summed E-state index contributed by atoms with van der Waals surface area (Å²) < 4.78 is 5.28. The molecule has 1 amide bonds. The zero-order valence-electron chi connectivity index (χ0n) is 17.0. The summed E-state index contributed by atoms with van der Waals surface area (Å²) in [7, 11) is 5.59. The fourth-order valence-electron chi connectivity index (χ4n) is 3.52. The van der Waals surface area contributed by atoms with Gasteiger partial charge in [-0.05, 0) is 56.6 Å². The number of hydrogen-bond donors (Lipinski definition) is 2. The summed E-state index contributed by atoms with van der Waals surface area (Å²) >= 11 is 0. The van der Waals surface area contributed by atoms with Crippen molar-refractivity contribution in [2.75, 3.05) is 49.4 Å². The first-order chi connectivity index (χ1) is 13.5. The molecule has 0 aliphatic carbocycles. The maximum Gasteiger partial charge on any atom is 0.214 e. The first kappa shape index (κ1) is 19.9. The monoisotopic (exact) mass is 383 g/mol. The van der Waals surface area contributed by atoms with Crippen LogP contribution >= 0.6 is 0 Å². The lowest BCUT2D eigenvalue weighted by atomic mass is 10.0. The molecule has 1 aromatic carbocycles. The predicted molar refractivity (Wildman–Crippen MR) is 114 cm³/mol. The summed E-state index contributed by atoms with van der Waals surface area (Å²) in [5.41, 5.74) is 3.81. The molecule has 150 valence electrons. The Bertz CT molecular complexity index is 818. The highest BCUT2D eigenvalue weighted by Gasteiger charge is 2.24. The van der Waals surface area contributed by atoms with E-state index in [1.165, 1.54) is 0 Å². The van der Waals surface area contributed by atoms with Gasteiger partial charge in [-0.1, -0.05) is 0 Å². The Morgan fingerprint density at radius 3 is 2.57 bits per heavy atom. The number of carbonyl (C=O) groups excluding carboxylic acids is 1. The SMILES string of the molecule is COc1ccc(Nc2cc(N(C=O)C3CCNCC3)c(N(C)C)cn2)c(C)c1. The van der Waals surface area contributed by atoms with Crippen LogP contribution in [0.25, 0.3) is 0 Å². The molecule has 0 radical (unpaired) electrons. The van der Waals surface area contributed by atoms with Gasteiger partial charge in [-0.3, -0.25) is 4.79 Å². The maximum absolute atomic E-state index is 12.0. The third-order valence-electron chi connectivity index (χ3n) is 5.13. The second-order valence-electron chi connectivity index (χ2n) is 7.25. The Kier molecular flexibility index (Phi) is 6.36. The van der Waals surface area contributed by atoms with Gasteiger partial charge < -0.3 is 25.2 Å². The van der Waals surface area contributed by atoms with Gasteiger partial charge in [-0.25, -0.2) is 4.98 Å². The average molecular weight is 383 g/mol. The van der Waals surface area contributed by atoms with Crippen molar-refractivity contribution in [2.24, 2.45) is 0 Å². The van der Waals surface area contributed by atoms with E-state index in [4.69, 9.17) is 4.74 Å². The van der Waals surface area contributed by atoms with Gasteiger partial charge >= 0.3 is 0 Å². The molecule has 0 spiro atoms.